The van der Waals surface area contributed by atoms with Crippen molar-refractivity contribution in [3.63, 3.8) is 0 Å². The third-order valence-corrected chi connectivity index (χ3v) is 4.38. The van der Waals surface area contributed by atoms with Gasteiger partial charge in [0.25, 0.3) is 0 Å². The number of ether oxygens (including phenoxy) is 2. The fraction of sp³-hybridized carbons (Fsp3) is 0.562. The van der Waals surface area contributed by atoms with Gasteiger partial charge < -0.3 is 9.47 Å². The van der Waals surface area contributed by atoms with Crippen LogP contribution in [0.3, 0.4) is 0 Å². The molecule has 22 heavy (non-hydrogen) atoms. The summed E-state index contributed by atoms with van der Waals surface area (Å²) in [7, 11) is 1.63. The average Bonchev–Trinajstić information content (AvgIpc) is 2.55. The number of hydrogen-bond donors (Lipinski definition) is 0. The number of benzene rings is 1. The Bertz CT molecular complexity index is 557. The van der Waals surface area contributed by atoms with Gasteiger partial charge in [-0.2, -0.15) is 0 Å². The van der Waals surface area contributed by atoms with Crippen LogP contribution < -0.4 is 4.74 Å². The van der Waals surface area contributed by atoms with E-state index in [-0.39, 0.29) is 17.4 Å². The summed E-state index contributed by atoms with van der Waals surface area (Å²) in [5, 5.41) is 3.82. The molecule has 0 aliphatic heterocycles. The first-order valence-corrected chi connectivity index (χ1v) is 7.42. The fourth-order valence-corrected chi connectivity index (χ4v) is 3.04. The quantitative estimate of drug-likeness (QED) is 0.359. The Morgan fingerprint density at radius 2 is 2.00 bits per heavy atom. The Morgan fingerprint density at radius 3 is 2.50 bits per heavy atom. The van der Waals surface area contributed by atoms with Crippen LogP contribution in [0.2, 0.25) is 0 Å². The van der Waals surface area contributed by atoms with E-state index >= 15 is 0 Å². The Kier molecular flexibility index (Phi) is 5.28. The molecule has 2 rings (SSSR count). The van der Waals surface area contributed by atoms with Gasteiger partial charge >= 0.3 is 5.97 Å². The Hall–Kier alpha value is -2.20. The van der Waals surface area contributed by atoms with E-state index in [1.54, 1.807) is 7.11 Å². The summed E-state index contributed by atoms with van der Waals surface area (Å²) in [6.45, 7) is 1.78. The van der Waals surface area contributed by atoms with Gasteiger partial charge in [0.05, 0.1) is 7.11 Å². The van der Waals surface area contributed by atoms with Crippen molar-refractivity contribution in [3.8, 4) is 5.75 Å². The van der Waals surface area contributed by atoms with Crippen molar-refractivity contribution in [2.24, 2.45) is 5.11 Å². The van der Waals surface area contributed by atoms with Gasteiger partial charge in [0.1, 0.15) is 12.4 Å². The maximum absolute atomic E-state index is 11.2. The predicted octanol–water partition coefficient (Wildman–Crippen LogP) is 3.75. The van der Waals surface area contributed by atoms with Gasteiger partial charge in [-0.1, -0.05) is 17.2 Å². The molecular weight excluding hydrogens is 282 g/mol. The Balaban J connectivity index is 2.21. The lowest BCUT2D eigenvalue weighted by molar-refractivity contribution is -0.143. The van der Waals surface area contributed by atoms with E-state index in [9.17, 15) is 4.79 Å². The van der Waals surface area contributed by atoms with Crippen molar-refractivity contribution in [1.82, 2.24) is 0 Å². The summed E-state index contributed by atoms with van der Waals surface area (Å²) in [5.41, 5.74) is 9.50. The molecule has 6 heteroatoms. The molecule has 0 bridgehead atoms. The zero-order chi connectivity index (χ0) is 16.0. The predicted molar refractivity (Wildman–Crippen MR) is 82.7 cm³/mol. The molecule has 0 saturated heterocycles. The number of carbonyl (C=O) groups is 1. The van der Waals surface area contributed by atoms with Gasteiger partial charge in [0, 0.05) is 23.3 Å². The minimum atomic E-state index is -0.273. The first kappa shape index (κ1) is 16.2. The highest BCUT2D eigenvalue weighted by molar-refractivity contribution is 5.66. The van der Waals surface area contributed by atoms with E-state index in [1.807, 2.05) is 24.3 Å². The average molecular weight is 303 g/mol. The summed E-state index contributed by atoms with van der Waals surface area (Å²) in [6, 6.07) is 7.93. The second-order valence-corrected chi connectivity index (χ2v) is 5.73. The molecule has 118 valence electrons. The lowest BCUT2D eigenvalue weighted by Crippen LogP contribution is -2.38. The molecule has 1 aromatic carbocycles. The highest BCUT2D eigenvalue weighted by atomic mass is 16.5. The number of hydrogen-bond acceptors (Lipinski definition) is 4. The molecule has 0 N–H and O–H groups in total. The number of nitrogens with zero attached hydrogens (tertiary/aromatic N) is 3. The van der Waals surface area contributed by atoms with E-state index in [0.717, 1.165) is 37.0 Å². The molecule has 0 amide bonds. The van der Waals surface area contributed by atoms with Gasteiger partial charge in [-0.05, 0) is 48.9 Å². The van der Waals surface area contributed by atoms with Crippen LogP contribution in [0.5, 0.6) is 5.75 Å². The largest absolute Gasteiger partial charge is 0.497 e. The van der Waals surface area contributed by atoms with Gasteiger partial charge in [0.15, 0.2) is 0 Å². The molecule has 0 aromatic heterocycles. The highest BCUT2D eigenvalue weighted by Crippen LogP contribution is 2.41. The third kappa shape index (κ3) is 3.71. The van der Waals surface area contributed by atoms with Gasteiger partial charge in [-0.25, -0.2) is 0 Å². The van der Waals surface area contributed by atoms with Crippen LogP contribution >= 0.6 is 0 Å². The van der Waals surface area contributed by atoms with E-state index in [4.69, 9.17) is 15.0 Å². The second kappa shape index (κ2) is 7.18. The molecule has 1 aromatic rings. The number of carbonyl (C=O) groups excluding carboxylic acids is 1. The molecule has 0 heterocycles. The summed E-state index contributed by atoms with van der Waals surface area (Å²) in [5.74, 6) is 0.527. The van der Waals surface area contributed by atoms with Crippen molar-refractivity contribution in [2.45, 2.75) is 44.1 Å². The lowest BCUT2D eigenvalue weighted by Gasteiger charge is -2.39. The Labute approximate surface area is 130 Å². The minimum Gasteiger partial charge on any atom is -0.497 e. The summed E-state index contributed by atoms with van der Waals surface area (Å²) in [6.07, 6.45) is 3.27. The topological polar surface area (TPSA) is 84.3 Å². The molecule has 1 fully saturated rings. The number of azide groups is 1. The van der Waals surface area contributed by atoms with Gasteiger partial charge in [-0.15, -0.1) is 0 Å². The molecule has 0 spiro atoms. The molecular formula is C16H21N3O3. The number of methoxy groups -OCH3 is 1. The van der Waals surface area contributed by atoms with Crippen LogP contribution in [0.4, 0.5) is 0 Å². The second-order valence-electron chi connectivity index (χ2n) is 5.73. The maximum Gasteiger partial charge on any atom is 0.302 e. The normalized spacial score (nSPS) is 24.2. The van der Waals surface area contributed by atoms with E-state index < -0.39 is 0 Å². The standard InChI is InChI=1S/C16H21N3O3/c1-12(20)22-11-16(9-7-14(8-10-16)18-19-17)13-3-5-15(21-2)6-4-13/h3-6,14H,7-11H2,1-2H3. The lowest BCUT2D eigenvalue weighted by atomic mass is 9.69. The summed E-state index contributed by atoms with van der Waals surface area (Å²) in [4.78, 5) is 14.1. The first-order chi connectivity index (χ1) is 10.6. The van der Waals surface area contributed by atoms with Crippen molar-refractivity contribution in [3.05, 3.63) is 40.3 Å². The summed E-state index contributed by atoms with van der Waals surface area (Å²) < 4.78 is 10.5. The fourth-order valence-electron chi connectivity index (χ4n) is 3.04. The van der Waals surface area contributed by atoms with Crippen LogP contribution in [0, 0.1) is 0 Å². The van der Waals surface area contributed by atoms with E-state index in [1.165, 1.54) is 6.92 Å². The maximum atomic E-state index is 11.2. The third-order valence-electron chi connectivity index (χ3n) is 4.38. The Morgan fingerprint density at radius 1 is 1.36 bits per heavy atom. The first-order valence-electron chi connectivity index (χ1n) is 7.42. The number of esters is 1. The van der Waals surface area contributed by atoms with Gasteiger partial charge in [0.2, 0.25) is 0 Å². The molecule has 1 saturated carbocycles. The van der Waals surface area contributed by atoms with Crippen LogP contribution in [-0.2, 0) is 14.9 Å². The van der Waals surface area contributed by atoms with Crippen LogP contribution in [0.15, 0.2) is 29.4 Å². The smallest absolute Gasteiger partial charge is 0.302 e. The molecule has 0 atom stereocenters. The number of rotatable bonds is 5. The van der Waals surface area contributed by atoms with Gasteiger partial charge in [-0.3, -0.25) is 4.79 Å². The SMILES string of the molecule is COc1ccc(C2(COC(C)=O)CCC(N=[N+]=[N-])CC2)cc1. The van der Waals surface area contributed by atoms with Crippen molar-refractivity contribution < 1.29 is 14.3 Å². The molecule has 1 aliphatic carbocycles. The van der Waals surface area contributed by atoms with Crippen molar-refractivity contribution in [1.29, 1.82) is 0 Å². The monoisotopic (exact) mass is 303 g/mol. The molecule has 0 radical (unpaired) electrons. The zero-order valence-corrected chi connectivity index (χ0v) is 13.0. The molecule has 6 nitrogen and oxygen atoms in total. The highest BCUT2D eigenvalue weighted by Gasteiger charge is 2.37. The van der Waals surface area contributed by atoms with E-state index in [0.29, 0.717) is 6.61 Å². The van der Waals surface area contributed by atoms with Crippen LogP contribution in [0.25, 0.3) is 10.4 Å². The van der Waals surface area contributed by atoms with E-state index in [2.05, 4.69) is 10.0 Å². The summed E-state index contributed by atoms with van der Waals surface area (Å²) >= 11 is 0. The molecule has 0 unspecified atom stereocenters. The van der Waals surface area contributed by atoms with Crippen LogP contribution in [-0.4, -0.2) is 25.7 Å². The van der Waals surface area contributed by atoms with Crippen LogP contribution in [0.1, 0.15) is 38.2 Å². The zero-order valence-electron chi connectivity index (χ0n) is 13.0. The van der Waals surface area contributed by atoms with Crippen molar-refractivity contribution in [2.75, 3.05) is 13.7 Å². The molecule has 1 aliphatic rings. The van der Waals surface area contributed by atoms with Crippen molar-refractivity contribution >= 4 is 5.97 Å². The minimum absolute atomic E-state index is 0.0358.